The van der Waals surface area contributed by atoms with Crippen LogP contribution in [-0.2, 0) is 0 Å². The molecule has 0 radical (unpaired) electrons. The monoisotopic (exact) mass is 276 g/mol. The van der Waals surface area contributed by atoms with Crippen molar-refractivity contribution in [1.29, 1.82) is 0 Å². The first-order chi connectivity index (χ1) is 9.25. The van der Waals surface area contributed by atoms with E-state index in [2.05, 4.69) is 15.4 Å². The quantitative estimate of drug-likeness (QED) is 0.916. The van der Waals surface area contributed by atoms with Crippen molar-refractivity contribution in [1.82, 2.24) is 20.3 Å². The average Bonchev–Trinajstić information content (AvgIpc) is 3.09. The molecule has 0 bridgehead atoms. The number of rotatable bonds is 2. The number of aromatic amines is 1. The molecule has 5 nitrogen and oxygen atoms in total. The third-order valence-electron chi connectivity index (χ3n) is 3.24. The van der Waals surface area contributed by atoms with E-state index in [9.17, 15) is 4.79 Å². The number of halogens is 1. The van der Waals surface area contributed by atoms with Gasteiger partial charge in [0.2, 0.25) is 0 Å². The number of H-pyrrole nitrogens is 1. The fourth-order valence-electron chi connectivity index (χ4n) is 2.29. The molecule has 1 aromatic heterocycles. The lowest BCUT2D eigenvalue weighted by molar-refractivity contribution is 0.0787. The van der Waals surface area contributed by atoms with Crippen LogP contribution in [0, 0.1) is 0 Å². The molecular weight excluding hydrogens is 264 g/mol. The molecule has 1 amide bonds. The number of amides is 1. The van der Waals surface area contributed by atoms with Gasteiger partial charge in [-0.05, 0) is 25.0 Å². The minimum absolute atomic E-state index is 0.0683. The third kappa shape index (κ3) is 2.33. The van der Waals surface area contributed by atoms with E-state index in [0.29, 0.717) is 16.4 Å². The maximum absolute atomic E-state index is 12.4. The Labute approximate surface area is 115 Å². The van der Waals surface area contributed by atoms with Gasteiger partial charge >= 0.3 is 0 Å². The van der Waals surface area contributed by atoms with E-state index in [-0.39, 0.29) is 5.91 Å². The van der Waals surface area contributed by atoms with Gasteiger partial charge in [0.25, 0.3) is 5.91 Å². The molecule has 0 atom stereocenters. The van der Waals surface area contributed by atoms with Crippen LogP contribution in [0.5, 0.6) is 0 Å². The highest BCUT2D eigenvalue weighted by molar-refractivity contribution is 6.30. The Balaban J connectivity index is 1.96. The lowest BCUT2D eigenvalue weighted by atomic mass is 10.1. The SMILES string of the molecule is O=C(c1n[nH]nc1-c1cccc(Cl)c1)N1CCCC1. The number of carbonyl (C=O) groups is 1. The van der Waals surface area contributed by atoms with Crippen LogP contribution in [0.3, 0.4) is 0 Å². The fraction of sp³-hybridized carbons (Fsp3) is 0.308. The standard InChI is InChI=1S/C13H13ClN4O/c14-10-5-3-4-9(8-10)11-12(16-17-15-11)13(19)18-6-1-2-7-18/h3-5,8H,1-2,6-7H2,(H,15,16,17). The van der Waals surface area contributed by atoms with Crippen LogP contribution in [-0.4, -0.2) is 39.3 Å². The van der Waals surface area contributed by atoms with Crippen LogP contribution in [0.4, 0.5) is 0 Å². The van der Waals surface area contributed by atoms with Crippen molar-refractivity contribution in [3.8, 4) is 11.3 Å². The smallest absolute Gasteiger partial charge is 0.276 e. The summed E-state index contributed by atoms with van der Waals surface area (Å²) in [5.41, 5.74) is 1.72. The van der Waals surface area contributed by atoms with Gasteiger partial charge in [0.1, 0.15) is 5.69 Å². The van der Waals surface area contributed by atoms with E-state index in [1.807, 2.05) is 17.0 Å². The maximum atomic E-state index is 12.4. The molecule has 6 heteroatoms. The van der Waals surface area contributed by atoms with Crippen molar-refractivity contribution >= 4 is 17.5 Å². The molecule has 0 aliphatic carbocycles. The van der Waals surface area contributed by atoms with Gasteiger partial charge in [0.05, 0.1) is 0 Å². The van der Waals surface area contributed by atoms with Crippen LogP contribution >= 0.6 is 11.6 Å². The number of carbonyl (C=O) groups excluding carboxylic acids is 1. The van der Waals surface area contributed by atoms with Crippen molar-refractivity contribution in [3.63, 3.8) is 0 Å². The van der Waals surface area contributed by atoms with E-state index in [0.717, 1.165) is 31.5 Å². The largest absolute Gasteiger partial charge is 0.337 e. The average molecular weight is 277 g/mol. The molecule has 2 aromatic rings. The Bertz CT molecular complexity index is 604. The molecule has 1 N–H and O–H groups in total. The van der Waals surface area contributed by atoms with Gasteiger partial charge in [0.15, 0.2) is 5.69 Å². The molecule has 19 heavy (non-hydrogen) atoms. The van der Waals surface area contributed by atoms with Crippen molar-refractivity contribution in [2.45, 2.75) is 12.8 Å². The highest BCUT2D eigenvalue weighted by atomic mass is 35.5. The first kappa shape index (κ1) is 12.2. The van der Waals surface area contributed by atoms with Crippen LogP contribution in [0.25, 0.3) is 11.3 Å². The van der Waals surface area contributed by atoms with Crippen LogP contribution in [0.1, 0.15) is 23.3 Å². The van der Waals surface area contributed by atoms with E-state index >= 15 is 0 Å². The van der Waals surface area contributed by atoms with Gasteiger partial charge in [0, 0.05) is 23.7 Å². The highest BCUT2D eigenvalue weighted by Crippen LogP contribution is 2.24. The number of nitrogens with zero attached hydrogens (tertiary/aromatic N) is 3. The zero-order valence-corrected chi connectivity index (χ0v) is 11.0. The molecule has 1 aromatic carbocycles. The second-order valence-electron chi connectivity index (χ2n) is 4.53. The number of hydrogen-bond donors (Lipinski definition) is 1. The molecule has 0 unspecified atom stereocenters. The predicted molar refractivity (Wildman–Crippen MR) is 72.0 cm³/mol. The maximum Gasteiger partial charge on any atom is 0.276 e. The fourth-order valence-corrected chi connectivity index (χ4v) is 2.48. The summed E-state index contributed by atoms with van der Waals surface area (Å²) in [7, 11) is 0. The third-order valence-corrected chi connectivity index (χ3v) is 3.48. The van der Waals surface area contributed by atoms with Crippen molar-refractivity contribution in [2.24, 2.45) is 0 Å². The van der Waals surface area contributed by atoms with Gasteiger partial charge in [-0.1, -0.05) is 23.7 Å². The molecule has 0 saturated carbocycles. The van der Waals surface area contributed by atoms with Crippen molar-refractivity contribution in [2.75, 3.05) is 13.1 Å². The number of hydrogen-bond acceptors (Lipinski definition) is 3. The molecular formula is C13H13ClN4O. The summed E-state index contributed by atoms with van der Waals surface area (Å²) in [6.07, 6.45) is 2.10. The van der Waals surface area contributed by atoms with Gasteiger partial charge in [-0.2, -0.15) is 15.4 Å². The summed E-state index contributed by atoms with van der Waals surface area (Å²) in [5.74, 6) is -0.0683. The van der Waals surface area contributed by atoms with Crippen molar-refractivity contribution in [3.05, 3.63) is 35.0 Å². The normalized spacial score (nSPS) is 14.9. The molecule has 98 valence electrons. The van der Waals surface area contributed by atoms with E-state index in [1.54, 1.807) is 12.1 Å². The molecule has 1 fully saturated rings. The number of aromatic nitrogens is 3. The number of benzene rings is 1. The second-order valence-corrected chi connectivity index (χ2v) is 4.97. The van der Waals surface area contributed by atoms with Gasteiger partial charge < -0.3 is 4.90 Å². The summed E-state index contributed by atoms with van der Waals surface area (Å²) in [4.78, 5) is 14.2. The molecule has 1 aliphatic heterocycles. The lowest BCUT2D eigenvalue weighted by Gasteiger charge is -2.13. The number of nitrogens with one attached hydrogen (secondary N) is 1. The Morgan fingerprint density at radius 1 is 1.26 bits per heavy atom. The summed E-state index contributed by atoms with van der Waals surface area (Å²) in [6, 6.07) is 7.26. The summed E-state index contributed by atoms with van der Waals surface area (Å²) < 4.78 is 0. The molecule has 3 rings (SSSR count). The Hall–Kier alpha value is -1.88. The van der Waals surface area contributed by atoms with E-state index in [1.165, 1.54) is 0 Å². The predicted octanol–water partition coefficient (Wildman–Crippen LogP) is 2.36. The molecule has 2 heterocycles. The first-order valence-corrected chi connectivity index (χ1v) is 6.59. The number of likely N-dealkylation sites (tertiary alicyclic amines) is 1. The van der Waals surface area contributed by atoms with E-state index < -0.39 is 0 Å². The molecule has 1 saturated heterocycles. The zero-order chi connectivity index (χ0) is 13.2. The van der Waals surface area contributed by atoms with Crippen LogP contribution in [0.2, 0.25) is 5.02 Å². The Kier molecular flexibility index (Phi) is 3.21. The summed E-state index contributed by atoms with van der Waals surface area (Å²) in [5, 5.41) is 11.2. The van der Waals surface area contributed by atoms with Crippen LogP contribution in [0.15, 0.2) is 24.3 Å². The minimum atomic E-state index is -0.0683. The van der Waals surface area contributed by atoms with Crippen molar-refractivity contribution < 1.29 is 4.79 Å². The summed E-state index contributed by atoms with van der Waals surface area (Å²) >= 11 is 5.97. The zero-order valence-electron chi connectivity index (χ0n) is 10.3. The highest BCUT2D eigenvalue weighted by Gasteiger charge is 2.25. The topological polar surface area (TPSA) is 61.9 Å². The first-order valence-electron chi connectivity index (χ1n) is 6.21. The van der Waals surface area contributed by atoms with Gasteiger partial charge in [-0.15, -0.1) is 0 Å². The van der Waals surface area contributed by atoms with Gasteiger partial charge in [-0.25, -0.2) is 0 Å². The Morgan fingerprint density at radius 3 is 2.79 bits per heavy atom. The lowest BCUT2D eigenvalue weighted by Crippen LogP contribution is -2.28. The minimum Gasteiger partial charge on any atom is -0.337 e. The van der Waals surface area contributed by atoms with E-state index in [4.69, 9.17) is 11.6 Å². The molecule has 1 aliphatic rings. The second kappa shape index (κ2) is 5.01. The van der Waals surface area contributed by atoms with Gasteiger partial charge in [-0.3, -0.25) is 4.79 Å². The summed E-state index contributed by atoms with van der Waals surface area (Å²) in [6.45, 7) is 1.58. The molecule has 0 spiro atoms. The van der Waals surface area contributed by atoms with Crippen LogP contribution < -0.4 is 0 Å². The Morgan fingerprint density at radius 2 is 2.05 bits per heavy atom.